The summed E-state index contributed by atoms with van der Waals surface area (Å²) in [7, 11) is 0. The molecule has 13 nitrogen and oxygen atoms in total. The maximum Gasteiger partial charge on any atom is 0.307 e. The number of carbonyl (C=O) groups is 3. The van der Waals surface area contributed by atoms with Crippen molar-refractivity contribution in [1.29, 1.82) is 0 Å². The molecule has 13 heteroatoms. The van der Waals surface area contributed by atoms with Gasteiger partial charge in [0.15, 0.2) is 0 Å². The second-order valence-electron chi connectivity index (χ2n) is 17.6. The Kier molecular flexibility index (Phi) is 12.0. The Bertz CT molecular complexity index is 2240. The highest BCUT2D eigenvalue weighted by Gasteiger charge is 2.33. The molecule has 3 aliphatic heterocycles. The highest BCUT2D eigenvalue weighted by atomic mass is 16.4. The molecule has 3 aromatic carbocycles. The molecule has 0 spiro atoms. The summed E-state index contributed by atoms with van der Waals surface area (Å²) in [6, 6.07) is 18.1. The molecule has 3 saturated heterocycles. The number of nitrogens with one attached hydrogen (secondary N) is 3. The molecule has 3 aliphatic rings. The summed E-state index contributed by atoms with van der Waals surface area (Å²) in [4.78, 5) is 39.1. The van der Waals surface area contributed by atoms with Crippen LogP contribution in [0.4, 0.5) is 0 Å². The van der Waals surface area contributed by atoms with Crippen LogP contribution in [0.1, 0.15) is 52.6 Å². The standard InChI is InChI=1S/C48H54N4O9/c53-46(54)40(31-7-10-49-19-31)13-28-1-4-37-34(25-59-43(37)16-28)22-52(23-35-26-60-44-17-29(2-5-38(35)44)14-41(47(55)56)32-8-11-50-20-32)24-36-27-61-45-18-30(3-6-39(36)45)15-42(48(57)58)33-9-12-51-21-33/h1-6,16-18,25-27,31-33,40-42,49-51H,7-15,19-24H2,(H,53,54)(H,55,56)(H,57,58). The van der Waals surface area contributed by atoms with Gasteiger partial charge in [0.2, 0.25) is 0 Å². The molecular weight excluding hydrogens is 777 g/mol. The van der Waals surface area contributed by atoms with Crippen LogP contribution in [0.3, 0.4) is 0 Å². The van der Waals surface area contributed by atoms with Crippen molar-refractivity contribution in [2.24, 2.45) is 35.5 Å². The fraction of sp³-hybridized carbons (Fsp3) is 0.438. The molecule has 9 rings (SSSR count). The Morgan fingerprint density at radius 3 is 1.10 bits per heavy atom. The van der Waals surface area contributed by atoms with Gasteiger partial charge in [-0.05, 0) is 130 Å². The Morgan fingerprint density at radius 2 is 0.836 bits per heavy atom. The van der Waals surface area contributed by atoms with Crippen molar-refractivity contribution >= 4 is 50.8 Å². The number of carboxylic acid groups (broad SMARTS) is 3. The molecule has 6 N–H and O–H groups in total. The summed E-state index contributed by atoms with van der Waals surface area (Å²) in [6.45, 7) is 6.25. The highest BCUT2D eigenvalue weighted by Crippen LogP contribution is 2.33. The number of carboxylic acids is 3. The third-order valence-electron chi connectivity index (χ3n) is 13.7. The third kappa shape index (κ3) is 8.97. The van der Waals surface area contributed by atoms with Gasteiger partial charge in [-0.25, -0.2) is 0 Å². The normalized spacial score (nSPS) is 20.9. The minimum absolute atomic E-state index is 0.0948. The zero-order valence-electron chi connectivity index (χ0n) is 34.2. The van der Waals surface area contributed by atoms with Gasteiger partial charge in [-0.3, -0.25) is 19.3 Å². The molecule has 6 aromatic rings. The molecule has 0 bridgehead atoms. The second-order valence-corrected chi connectivity index (χ2v) is 17.6. The average molecular weight is 831 g/mol. The van der Waals surface area contributed by atoms with Crippen LogP contribution < -0.4 is 16.0 Å². The molecule has 0 amide bonds. The van der Waals surface area contributed by atoms with Gasteiger partial charge < -0.3 is 44.5 Å². The van der Waals surface area contributed by atoms with E-state index >= 15 is 0 Å². The summed E-state index contributed by atoms with van der Waals surface area (Å²) < 4.78 is 18.5. The van der Waals surface area contributed by atoms with Crippen LogP contribution in [0.15, 0.2) is 86.6 Å². The van der Waals surface area contributed by atoms with Crippen molar-refractivity contribution in [3.05, 3.63) is 107 Å². The van der Waals surface area contributed by atoms with E-state index in [-0.39, 0.29) is 17.8 Å². The quantitative estimate of drug-likeness (QED) is 0.0538. The first-order chi connectivity index (χ1) is 29.7. The molecule has 6 heterocycles. The van der Waals surface area contributed by atoms with Crippen LogP contribution in [0, 0.1) is 35.5 Å². The van der Waals surface area contributed by atoms with Crippen molar-refractivity contribution in [2.75, 3.05) is 39.3 Å². The van der Waals surface area contributed by atoms with Crippen molar-refractivity contribution in [3.8, 4) is 0 Å². The van der Waals surface area contributed by atoms with Crippen molar-refractivity contribution in [1.82, 2.24) is 20.9 Å². The summed E-state index contributed by atoms with van der Waals surface area (Å²) in [5.74, 6) is -3.43. The van der Waals surface area contributed by atoms with E-state index in [1.807, 2.05) is 54.6 Å². The summed E-state index contributed by atoms with van der Waals surface area (Å²) in [5, 5.41) is 42.9. The van der Waals surface area contributed by atoms with E-state index in [1.165, 1.54) is 0 Å². The Labute approximate surface area is 353 Å². The van der Waals surface area contributed by atoms with Gasteiger partial charge in [-0.2, -0.15) is 0 Å². The van der Waals surface area contributed by atoms with E-state index in [2.05, 4.69) is 20.9 Å². The van der Waals surface area contributed by atoms with Gasteiger partial charge in [0.1, 0.15) is 16.7 Å². The first-order valence-electron chi connectivity index (χ1n) is 21.7. The maximum atomic E-state index is 12.3. The minimum atomic E-state index is -0.771. The summed E-state index contributed by atoms with van der Waals surface area (Å²) >= 11 is 0. The molecular formula is C48H54N4O9. The Hall–Kier alpha value is -5.47. The molecule has 3 aromatic heterocycles. The molecule has 0 saturated carbocycles. The van der Waals surface area contributed by atoms with E-state index in [0.717, 1.165) is 88.4 Å². The van der Waals surface area contributed by atoms with Crippen molar-refractivity contribution < 1.29 is 43.0 Å². The number of hydrogen-bond acceptors (Lipinski definition) is 10. The van der Waals surface area contributed by atoms with Crippen LogP contribution in [-0.2, 0) is 53.3 Å². The third-order valence-corrected chi connectivity index (χ3v) is 13.7. The molecule has 61 heavy (non-hydrogen) atoms. The highest BCUT2D eigenvalue weighted by molar-refractivity contribution is 5.84. The van der Waals surface area contributed by atoms with E-state index in [0.29, 0.717) is 75.3 Å². The number of nitrogens with zero attached hydrogens (tertiary/aromatic N) is 1. The van der Waals surface area contributed by atoms with Gasteiger partial charge in [-0.1, -0.05) is 36.4 Å². The molecule has 3 fully saturated rings. The lowest BCUT2D eigenvalue weighted by Crippen LogP contribution is -2.27. The Morgan fingerprint density at radius 1 is 0.525 bits per heavy atom. The van der Waals surface area contributed by atoms with E-state index in [9.17, 15) is 29.7 Å². The monoisotopic (exact) mass is 830 g/mol. The number of rotatable bonds is 18. The zero-order valence-corrected chi connectivity index (χ0v) is 34.2. The molecule has 0 aliphatic carbocycles. The van der Waals surface area contributed by atoms with Crippen LogP contribution in [0.2, 0.25) is 0 Å². The Balaban J connectivity index is 0.981. The lowest BCUT2D eigenvalue weighted by molar-refractivity contribution is -0.144. The van der Waals surface area contributed by atoms with Crippen molar-refractivity contribution in [2.45, 2.75) is 58.2 Å². The lowest BCUT2D eigenvalue weighted by Gasteiger charge is -2.21. The number of aliphatic carboxylic acids is 3. The number of fused-ring (bicyclic) bond motifs is 3. The van der Waals surface area contributed by atoms with Gasteiger partial charge >= 0.3 is 17.9 Å². The van der Waals surface area contributed by atoms with Gasteiger partial charge in [0.25, 0.3) is 0 Å². The minimum Gasteiger partial charge on any atom is -0.481 e. The number of benzene rings is 3. The van der Waals surface area contributed by atoms with E-state index in [1.54, 1.807) is 18.8 Å². The van der Waals surface area contributed by atoms with Gasteiger partial charge in [-0.15, -0.1) is 0 Å². The van der Waals surface area contributed by atoms with Crippen molar-refractivity contribution in [3.63, 3.8) is 0 Å². The maximum absolute atomic E-state index is 12.3. The first-order valence-corrected chi connectivity index (χ1v) is 21.7. The zero-order chi connectivity index (χ0) is 42.0. The SMILES string of the molecule is O=C(O)C(Cc1ccc2c(CN(Cc3coc4cc(CC(C(=O)O)C5CCNC5)ccc34)Cc3coc4cc(CC(C(=O)O)C5CCNC5)ccc34)coc2c1)C1CCNC1. The second kappa shape index (κ2) is 17.9. The number of furan rings is 3. The van der Waals surface area contributed by atoms with Gasteiger partial charge in [0.05, 0.1) is 36.5 Å². The van der Waals surface area contributed by atoms with E-state index in [4.69, 9.17) is 13.3 Å². The largest absolute Gasteiger partial charge is 0.481 e. The molecule has 6 atom stereocenters. The lowest BCUT2D eigenvalue weighted by atomic mass is 9.86. The first kappa shape index (κ1) is 40.9. The topological polar surface area (TPSA) is 191 Å². The number of hydrogen-bond donors (Lipinski definition) is 6. The summed E-state index contributed by atoms with van der Waals surface area (Å²) in [6.07, 6.45) is 9.24. The predicted octanol–water partition coefficient (Wildman–Crippen LogP) is 6.69. The van der Waals surface area contributed by atoms with Crippen LogP contribution in [0.25, 0.3) is 32.9 Å². The fourth-order valence-electron chi connectivity index (χ4n) is 10.2. The predicted molar refractivity (Wildman–Crippen MR) is 229 cm³/mol. The smallest absolute Gasteiger partial charge is 0.307 e. The van der Waals surface area contributed by atoms with Gasteiger partial charge in [0, 0.05) is 52.5 Å². The summed E-state index contributed by atoms with van der Waals surface area (Å²) in [5.41, 5.74) is 7.90. The molecule has 0 radical (unpaired) electrons. The van der Waals surface area contributed by atoms with Crippen LogP contribution >= 0.6 is 0 Å². The van der Waals surface area contributed by atoms with Crippen LogP contribution in [0.5, 0.6) is 0 Å². The average Bonchev–Trinajstić information content (AvgIpc) is 4.11. The fourth-order valence-corrected chi connectivity index (χ4v) is 10.2. The van der Waals surface area contributed by atoms with Crippen LogP contribution in [-0.4, -0.2) is 77.4 Å². The molecule has 6 unspecified atom stereocenters. The van der Waals surface area contributed by atoms with E-state index < -0.39 is 35.7 Å². The molecule has 320 valence electrons.